The van der Waals surface area contributed by atoms with Gasteiger partial charge in [0.25, 0.3) is 5.91 Å². The van der Waals surface area contributed by atoms with E-state index in [1.165, 1.54) is 12.8 Å². The molecule has 0 atom stereocenters. The molecule has 1 saturated carbocycles. The molecule has 144 valence electrons. The molecule has 1 aromatic rings. The van der Waals surface area contributed by atoms with Gasteiger partial charge in [-0.05, 0) is 50.6 Å². The van der Waals surface area contributed by atoms with Gasteiger partial charge in [-0.15, -0.1) is 0 Å². The predicted octanol–water partition coefficient (Wildman–Crippen LogP) is 2.29. The highest BCUT2D eigenvalue weighted by atomic mass is 35.5. The topological polar surface area (TPSA) is 87.8 Å². The summed E-state index contributed by atoms with van der Waals surface area (Å²) in [6, 6.07) is 3.22. The number of anilines is 1. The zero-order valence-corrected chi connectivity index (χ0v) is 15.8. The SMILES string of the molecule is Nc1cc(OCC2CC2)c(C(=O)NCCCN2CCC(O)CC2)cc1Cl. The fourth-order valence-electron chi connectivity index (χ4n) is 3.10. The number of amides is 1. The molecule has 2 fully saturated rings. The summed E-state index contributed by atoms with van der Waals surface area (Å²) >= 11 is 6.09. The largest absolute Gasteiger partial charge is 0.492 e. The van der Waals surface area contributed by atoms with Crippen LogP contribution < -0.4 is 15.8 Å². The molecule has 1 heterocycles. The Morgan fingerprint density at radius 1 is 1.31 bits per heavy atom. The van der Waals surface area contributed by atoms with Crippen molar-refractivity contribution < 1.29 is 14.6 Å². The van der Waals surface area contributed by atoms with E-state index in [2.05, 4.69) is 10.2 Å². The number of aliphatic hydroxyl groups is 1. The Morgan fingerprint density at radius 3 is 2.73 bits per heavy atom. The van der Waals surface area contributed by atoms with E-state index in [0.29, 0.717) is 41.1 Å². The van der Waals surface area contributed by atoms with Crippen LogP contribution in [0.2, 0.25) is 5.02 Å². The van der Waals surface area contributed by atoms with Gasteiger partial charge in [-0.3, -0.25) is 4.79 Å². The summed E-state index contributed by atoms with van der Waals surface area (Å²) in [5.41, 5.74) is 6.71. The van der Waals surface area contributed by atoms with E-state index in [1.807, 2.05) is 0 Å². The summed E-state index contributed by atoms with van der Waals surface area (Å²) in [4.78, 5) is 14.9. The van der Waals surface area contributed by atoms with Crippen LogP contribution in [0.25, 0.3) is 0 Å². The standard InChI is InChI=1S/C19H28ClN3O3/c20-16-10-15(18(11-17(16)21)26-12-13-2-3-13)19(25)22-6-1-7-23-8-4-14(24)5-9-23/h10-11,13-14,24H,1-9,12,21H2,(H,22,25). The van der Waals surface area contributed by atoms with Gasteiger partial charge < -0.3 is 25.8 Å². The number of likely N-dealkylation sites (tertiary alicyclic amines) is 1. The number of carbonyl (C=O) groups excluding carboxylic acids is 1. The first-order chi connectivity index (χ1) is 12.5. The van der Waals surface area contributed by atoms with Gasteiger partial charge in [0.05, 0.1) is 29.0 Å². The molecule has 0 aromatic heterocycles. The Labute approximate surface area is 159 Å². The number of carbonyl (C=O) groups is 1. The molecule has 7 heteroatoms. The van der Waals surface area contributed by atoms with Crippen molar-refractivity contribution in [2.45, 2.75) is 38.2 Å². The molecule has 0 unspecified atom stereocenters. The van der Waals surface area contributed by atoms with Crippen molar-refractivity contribution in [1.82, 2.24) is 10.2 Å². The average molecular weight is 382 g/mol. The number of nitrogens with one attached hydrogen (secondary N) is 1. The van der Waals surface area contributed by atoms with Crippen molar-refractivity contribution in [2.24, 2.45) is 5.92 Å². The van der Waals surface area contributed by atoms with Crippen LogP contribution in [0.5, 0.6) is 5.75 Å². The normalized spacial score (nSPS) is 18.7. The zero-order chi connectivity index (χ0) is 18.5. The van der Waals surface area contributed by atoms with Gasteiger partial charge >= 0.3 is 0 Å². The quantitative estimate of drug-likeness (QED) is 0.475. The Bertz CT molecular complexity index is 629. The molecule has 1 amide bonds. The fraction of sp³-hybridized carbons (Fsp3) is 0.632. The Hall–Kier alpha value is -1.50. The fourth-order valence-corrected chi connectivity index (χ4v) is 3.26. The minimum absolute atomic E-state index is 0.157. The van der Waals surface area contributed by atoms with Crippen molar-refractivity contribution in [2.75, 3.05) is 38.5 Å². The number of hydrogen-bond acceptors (Lipinski definition) is 5. The van der Waals surface area contributed by atoms with E-state index >= 15 is 0 Å². The van der Waals surface area contributed by atoms with Crippen molar-refractivity contribution in [3.05, 3.63) is 22.7 Å². The number of aliphatic hydroxyl groups excluding tert-OH is 1. The minimum Gasteiger partial charge on any atom is -0.492 e. The first-order valence-corrected chi connectivity index (χ1v) is 9.81. The highest BCUT2D eigenvalue weighted by molar-refractivity contribution is 6.33. The molecule has 1 saturated heterocycles. The Balaban J connectivity index is 1.49. The molecule has 0 spiro atoms. The number of ether oxygens (including phenoxy) is 1. The lowest BCUT2D eigenvalue weighted by atomic mass is 10.1. The lowest BCUT2D eigenvalue weighted by Crippen LogP contribution is -2.37. The van der Waals surface area contributed by atoms with Gasteiger partial charge in [0, 0.05) is 25.7 Å². The lowest BCUT2D eigenvalue weighted by molar-refractivity contribution is 0.0816. The van der Waals surface area contributed by atoms with Gasteiger partial charge in [0.2, 0.25) is 0 Å². The molecule has 6 nitrogen and oxygen atoms in total. The smallest absolute Gasteiger partial charge is 0.255 e. The van der Waals surface area contributed by atoms with E-state index in [1.54, 1.807) is 12.1 Å². The van der Waals surface area contributed by atoms with Crippen molar-refractivity contribution in [1.29, 1.82) is 0 Å². The van der Waals surface area contributed by atoms with E-state index < -0.39 is 0 Å². The van der Waals surface area contributed by atoms with Crippen LogP contribution in [0.4, 0.5) is 5.69 Å². The number of benzene rings is 1. The third-order valence-corrected chi connectivity index (χ3v) is 5.34. The van der Waals surface area contributed by atoms with Gasteiger partial charge in [-0.1, -0.05) is 11.6 Å². The van der Waals surface area contributed by atoms with Crippen LogP contribution in [0.15, 0.2) is 12.1 Å². The molecule has 2 aliphatic rings. The molecule has 1 aliphatic carbocycles. The Kier molecular flexibility index (Phi) is 6.62. The lowest BCUT2D eigenvalue weighted by Gasteiger charge is -2.29. The second kappa shape index (κ2) is 8.93. The second-order valence-electron chi connectivity index (χ2n) is 7.31. The summed E-state index contributed by atoms with van der Waals surface area (Å²) in [5.74, 6) is 0.902. The third kappa shape index (κ3) is 5.50. The maximum Gasteiger partial charge on any atom is 0.255 e. The van der Waals surface area contributed by atoms with Crippen LogP contribution >= 0.6 is 11.6 Å². The van der Waals surface area contributed by atoms with Gasteiger partial charge in [-0.2, -0.15) is 0 Å². The number of rotatable bonds is 8. The van der Waals surface area contributed by atoms with Crippen LogP contribution in [-0.4, -0.2) is 54.8 Å². The van der Waals surface area contributed by atoms with E-state index in [4.69, 9.17) is 22.1 Å². The molecule has 4 N–H and O–H groups in total. The molecule has 0 bridgehead atoms. The predicted molar refractivity (Wildman–Crippen MR) is 103 cm³/mol. The summed E-state index contributed by atoms with van der Waals surface area (Å²) in [5, 5.41) is 12.8. The first-order valence-electron chi connectivity index (χ1n) is 9.43. The molecule has 26 heavy (non-hydrogen) atoms. The highest BCUT2D eigenvalue weighted by Gasteiger charge is 2.24. The Morgan fingerprint density at radius 2 is 2.04 bits per heavy atom. The number of nitrogens with zero attached hydrogens (tertiary/aromatic N) is 1. The van der Waals surface area contributed by atoms with Crippen LogP contribution in [0, 0.1) is 5.92 Å². The zero-order valence-electron chi connectivity index (χ0n) is 15.0. The first kappa shape index (κ1) is 19.3. The van der Waals surface area contributed by atoms with Crippen LogP contribution in [0.3, 0.4) is 0 Å². The van der Waals surface area contributed by atoms with Crippen molar-refractivity contribution in [3.63, 3.8) is 0 Å². The molecule has 3 rings (SSSR count). The summed E-state index contributed by atoms with van der Waals surface area (Å²) in [6.45, 7) is 3.95. The van der Waals surface area contributed by atoms with E-state index in [9.17, 15) is 9.90 Å². The summed E-state index contributed by atoms with van der Waals surface area (Å²) < 4.78 is 5.80. The van der Waals surface area contributed by atoms with Crippen LogP contribution in [-0.2, 0) is 0 Å². The number of nitrogens with two attached hydrogens (primary N) is 1. The molecule has 1 aromatic carbocycles. The summed E-state index contributed by atoms with van der Waals surface area (Å²) in [6.07, 6.45) is 4.73. The number of nitrogen functional groups attached to an aromatic ring is 1. The summed E-state index contributed by atoms with van der Waals surface area (Å²) in [7, 11) is 0. The van der Waals surface area contributed by atoms with E-state index in [0.717, 1.165) is 38.9 Å². The third-order valence-electron chi connectivity index (χ3n) is 5.01. The number of halogens is 1. The van der Waals surface area contributed by atoms with Gasteiger partial charge in [-0.25, -0.2) is 0 Å². The molecular weight excluding hydrogens is 354 g/mol. The van der Waals surface area contributed by atoms with E-state index in [-0.39, 0.29) is 12.0 Å². The molecular formula is C19H28ClN3O3. The van der Waals surface area contributed by atoms with Crippen molar-refractivity contribution in [3.8, 4) is 5.75 Å². The van der Waals surface area contributed by atoms with Crippen molar-refractivity contribution >= 4 is 23.2 Å². The van der Waals surface area contributed by atoms with Crippen LogP contribution in [0.1, 0.15) is 42.5 Å². The average Bonchev–Trinajstić information content (AvgIpc) is 3.45. The number of hydrogen-bond donors (Lipinski definition) is 3. The maximum atomic E-state index is 12.5. The molecule has 1 aliphatic heterocycles. The van der Waals surface area contributed by atoms with Gasteiger partial charge in [0.15, 0.2) is 0 Å². The second-order valence-corrected chi connectivity index (χ2v) is 7.71. The maximum absolute atomic E-state index is 12.5. The molecule has 0 radical (unpaired) electrons. The monoisotopic (exact) mass is 381 g/mol. The highest BCUT2D eigenvalue weighted by Crippen LogP contribution is 2.33. The van der Waals surface area contributed by atoms with Gasteiger partial charge in [0.1, 0.15) is 5.75 Å². The minimum atomic E-state index is -0.188. The number of piperidine rings is 1.